The Balaban J connectivity index is 2.30. The first-order valence-electron chi connectivity index (χ1n) is 6.30. The van der Waals surface area contributed by atoms with Crippen LogP contribution in [0.1, 0.15) is 31.1 Å². The number of hydrogen-bond donors (Lipinski definition) is 1. The van der Waals surface area contributed by atoms with E-state index in [0.29, 0.717) is 10.8 Å². The summed E-state index contributed by atoms with van der Waals surface area (Å²) in [4.78, 5) is 13.1. The highest BCUT2D eigenvalue weighted by molar-refractivity contribution is 6.30. The first-order chi connectivity index (χ1) is 9.11. The van der Waals surface area contributed by atoms with E-state index in [0.717, 1.165) is 23.5 Å². The van der Waals surface area contributed by atoms with Gasteiger partial charge in [-0.05, 0) is 32.5 Å². The van der Waals surface area contributed by atoms with Crippen molar-refractivity contribution in [1.82, 2.24) is 20.3 Å². The van der Waals surface area contributed by atoms with Crippen molar-refractivity contribution in [2.45, 2.75) is 26.8 Å². The van der Waals surface area contributed by atoms with Crippen molar-refractivity contribution in [1.29, 1.82) is 0 Å². The number of aromatic nitrogens is 3. The molecule has 1 atom stereocenters. The quantitative estimate of drug-likeness (QED) is 0.932. The van der Waals surface area contributed by atoms with Crippen molar-refractivity contribution >= 4 is 11.6 Å². The Kier molecular flexibility index (Phi) is 4.45. The van der Waals surface area contributed by atoms with Gasteiger partial charge in [0.25, 0.3) is 0 Å². The molecule has 19 heavy (non-hydrogen) atoms. The van der Waals surface area contributed by atoms with Crippen molar-refractivity contribution in [2.75, 3.05) is 6.54 Å². The SMILES string of the molecule is CCNC(C)c1cnc(-c2ccc(Cl)cn2)nc1C. The number of hydrogen-bond acceptors (Lipinski definition) is 4. The zero-order valence-corrected chi connectivity index (χ0v) is 12.1. The van der Waals surface area contributed by atoms with Crippen LogP contribution in [0.5, 0.6) is 0 Å². The van der Waals surface area contributed by atoms with Crippen LogP contribution in [-0.2, 0) is 0 Å². The molecule has 0 radical (unpaired) electrons. The predicted octanol–water partition coefficient (Wildman–Crippen LogP) is 3.17. The number of pyridine rings is 1. The van der Waals surface area contributed by atoms with E-state index >= 15 is 0 Å². The molecule has 0 spiro atoms. The van der Waals surface area contributed by atoms with Gasteiger partial charge in [0.1, 0.15) is 5.69 Å². The molecule has 2 aromatic rings. The molecule has 0 aliphatic heterocycles. The summed E-state index contributed by atoms with van der Waals surface area (Å²) in [6, 6.07) is 3.86. The molecule has 0 bridgehead atoms. The predicted molar refractivity (Wildman–Crippen MR) is 77.1 cm³/mol. The second-order valence-corrected chi connectivity index (χ2v) is 4.81. The number of nitrogens with zero attached hydrogens (tertiary/aromatic N) is 3. The molecule has 0 aliphatic rings. The highest BCUT2D eigenvalue weighted by atomic mass is 35.5. The Morgan fingerprint density at radius 1 is 1.26 bits per heavy atom. The van der Waals surface area contributed by atoms with E-state index in [1.807, 2.05) is 19.2 Å². The Morgan fingerprint density at radius 3 is 2.63 bits per heavy atom. The lowest BCUT2D eigenvalue weighted by molar-refractivity contribution is 0.590. The lowest BCUT2D eigenvalue weighted by atomic mass is 10.1. The molecule has 100 valence electrons. The Hall–Kier alpha value is -1.52. The fraction of sp³-hybridized carbons (Fsp3) is 0.357. The van der Waals surface area contributed by atoms with Crippen LogP contribution in [0.2, 0.25) is 5.02 Å². The minimum atomic E-state index is 0.247. The number of rotatable bonds is 4. The first-order valence-corrected chi connectivity index (χ1v) is 6.68. The van der Waals surface area contributed by atoms with Crippen LogP contribution < -0.4 is 5.32 Å². The second kappa shape index (κ2) is 6.08. The van der Waals surface area contributed by atoms with Crippen LogP contribution in [0.25, 0.3) is 11.5 Å². The third-order valence-electron chi connectivity index (χ3n) is 2.95. The summed E-state index contributed by atoms with van der Waals surface area (Å²) in [5.41, 5.74) is 2.81. The average Bonchev–Trinajstić information content (AvgIpc) is 2.39. The topological polar surface area (TPSA) is 50.7 Å². The van der Waals surface area contributed by atoms with Crippen LogP contribution in [0, 0.1) is 6.92 Å². The Labute approximate surface area is 118 Å². The van der Waals surface area contributed by atoms with Gasteiger partial charge in [-0.15, -0.1) is 0 Å². The highest BCUT2D eigenvalue weighted by Gasteiger charge is 2.11. The van der Waals surface area contributed by atoms with Gasteiger partial charge < -0.3 is 5.32 Å². The van der Waals surface area contributed by atoms with E-state index in [4.69, 9.17) is 11.6 Å². The molecule has 0 aromatic carbocycles. The summed E-state index contributed by atoms with van der Waals surface area (Å²) in [6.45, 7) is 7.10. The molecule has 0 saturated carbocycles. The van der Waals surface area contributed by atoms with E-state index in [1.54, 1.807) is 12.3 Å². The lowest BCUT2D eigenvalue weighted by Gasteiger charge is -2.14. The van der Waals surface area contributed by atoms with Crippen molar-refractivity contribution < 1.29 is 0 Å². The normalized spacial score (nSPS) is 12.4. The third-order valence-corrected chi connectivity index (χ3v) is 3.17. The smallest absolute Gasteiger partial charge is 0.178 e. The molecule has 0 amide bonds. The summed E-state index contributed by atoms with van der Waals surface area (Å²) < 4.78 is 0. The number of aryl methyl sites for hydroxylation is 1. The van der Waals surface area contributed by atoms with Crippen molar-refractivity contribution in [3.05, 3.63) is 40.8 Å². The minimum Gasteiger partial charge on any atom is -0.310 e. The number of halogens is 1. The average molecular weight is 277 g/mol. The van der Waals surface area contributed by atoms with Crippen molar-refractivity contribution in [3.63, 3.8) is 0 Å². The highest BCUT2D eigenvalue weighted by Crippen LogP contribution is 2.19. The summed E-state index contributed by atoms with van der Waals surface area (Å²) in [7, 11) is 0. The molecule has 2 rings (SSSR count). The molecule has 2 heterocycles. The van der Waals surface area contributed by atoms with Gasteiger partial charge in [-0.25, -0.2) is 9.97 Å². The molecule has 2 aromatic heterocycles. The van der Waals surface area contributed by atoms with Gasteiger partial charge in [0.15, 0.2) is 5.82 Å². The van der Waals surface area contributed by atoms with E-state index in [2.05, 4.69) is 34.1 Å². The van der Waals surface area contributed by atoms with Crippen LogP contribution in [-0.4, -0.2) is 21.5 Å². The maximum atomic E-state index is 5.82. The van der Waals surface area contributed by atoms with Crippen LogP contribution >= 0.6 is 11.6 Å². The zero-order chi connectivity index (χ0) is 13.8. The van der Waals surface area contributed by atoms with E-state index in [9.17, 15) is 0 Å². The molecular weight excluding hydrogens is 260 g/mol. The molecule has 4 nitrogen and oxygen atoms in total. The zero-order valence-electron chi connectivity index (χ0n) is 11.3. The van der Waals surface area contributed by atoms with Gasteiger partial charge in [-0.2, -0.15) is 0 Å². The maximum absolute atomic E-state index is 5.82. The van der Waals surface area contributed by atoms with Crippen LogP contribution in [0.4, 0.5) is 0 Å². The fourth-order valence-electron chi connectivity index (χ4n) is 1.95. The summed E-state index contributed by atoms with van der Waals surface area (Å²) in [5, 5.41) is 3.97. The largest absolute Gasteiger partial charge is 0.310 e. The van der Waals surface area contributed by atoms with Crippen LogP contribution in [0.15, 0.2) is 24.5 Å². The third kappa shape index (κ3) is 3.28. The first kappa shape index (κ1) is 13.9. The van der Waals surface area contributed by atoms with Gasteiger partial charge in [-0.3, -0.25) is 4.98 Å². The summed E-state index contributed by atoms with van der Waals surface area (Å²) >= 11 is 5.82. The van der Waals surface area contributed by atoms with E-state index in [1.165, 1.54) is 0 Å². The van der Waals surface area contributed by atoms with E-state index < -0.39 is 0 Å². The molecule has 1 unspecified atom stereocenters. The second-order valence-electron chi connectivity index (χ2n) is 4.38. The van der Waals surface area contributed by atoms with Gasteiger partial charge in [-0.1, -0.05) is 18.5 Å². The summed E-state index contributed by atoms with van der Waals surface area (Å²) in [5.74, 6) is 0.626. The molecule has 0 fully saturated rings. The molecular formula is C14H17ClN4. The molecule has 0 aliphatic carbocycles. The van der Waals surface area contributed by atoms with Crippen molar-refractivity contribution in [3.8, 4) is 11.5 Å². The Morgan fingerprint density at radius 2 is 2.05 bits per heavy atom. The van der Waals surface area contributed by atoms with Crippen LogP contribution in [0.3, 0.4) is 0 Å². The van der Waals surface area contributed by atoms with Crippen molar-refractivity contribution in [2.24, 2.45) is 0 Å². The molecule has 1 N–H and O–H groups in total. The monoisotopic (exact) mass is 276 g/mol. The van der Waals surface area contributed by atoms with Gasteiger partial charge in [0, 0.05) is 29.7 Å². The maximum Gasteiger partial charge on any atom is 0.178 e. The molecule has 5 heteroatoms. The van der Waals surface area contributed by atoms with E-state index in [-0.39, 0.29) is 6.04 Å². The number of nitrogens with one attached hydrogen (secondary N) is 1. The Bertz CT molecular complexity index is 554. The van der Waals surface area contributed by atoms with Gasteiger partial charge >= 0.3 is 0 Å². The fourth-order valence-corrected chi connectivity index (χ4v) is 2.06. The summed E-state index contributed by atoms with van der Waals surface area (Å²) in [6.07, 6.45) is 3.46. The van der Waals surface area contributed by atoms with Gasteiger partial charge in [0.2, 0.25) is 0 Å². The molecule has 0 saturated heterocycles. The van der Waals surface area contributed by atoms with Gasteiger partial charge in [0.05, 0.1) is 5.02 Å². The minimum absolute atomic E-state index is 0.247. The lowest BCUT2D eigenvalue weighted by Crippen LogP contribution is -2.19. The standard InChI is InChI=1S/C14H17ClN4/c1-4-16-9(2)12-8-18-14(19-10(12)3)13-6-5-11(15)7-17-13/h5-9,16H,4H2,1-3H3.